The number of ketones is 3. The average Bonchev–Trinajstić information content (AvgIpc) is 3.00. The lowest BCUT2D eigenvalue weighted by Gasteiger charge is -2.39. The van der Waals surface area contributed by atoms with Crippen LogP contribution in [0.1, 0.15) is 106 Å². The molecule has 1 heterocycles. The van der Waals surface area contributed by atoms with Gasteiger partial charge in [0.05, 0.1) is 30.0 Å². The summed E-state index contributed by atoms with van der Waals surface area (Å²) in [4.78, 5) is 65.0. The number of Topliss-reactive ketones (excluding diaryl/α,β-unsaturated/α-hetero) is 1. The molecule has 1 N–H and O–H groups in total. The van der Waals surface area contributed by atoms with Gasteiger partial charge in [-0.05, 0) is 37.1 Å². The van der Waals surface area contributed by atoms with Crippen LogP contribution in [0.3, 0.4) is 0 Å². The van der Waals surface area contributed by atoms with Crippen LogP contribution in [-0.4, -0.2) is 58.3 Å². The minimum Gasteiger partial charge on any atom is -0.507 e. The van der Waals surface area contributed by atoms with Crippen molar-refractivity contribution in [2.24, 2.45) is 0 Å². The van der Waals surface area contributed by atoms with Crippen LogP contribution in [0.25, 0.3) is 0 Å². The van der Waals surface area contributed by atoms with Crippen molar-refractivity contribution in [1.82, 2.24) is 0 Å². The first kappa shape index (κ1) is 31.3. The van der Waals surface area contributed by atoms with Crippen molar-refractivity contribution in [3.63, 3.8) is 0 Å². The zero-order valence-electron chi connectivity index (χ0n) is 26.0. The third kappa shape index (κ3) is 5.63. The summed E-state index contributed by atoms with van der Waals surface area (Å²) in [5.74, 6) is -2.99. The topological polar surface area (TPSA) is 142 Å². The highest BCUT2D eigenvalue weighted by atomic mass is 16.6. The van der Waals surface area contributed by atoms with Crippen LogP contribution < -0.4 is 0 Å². The average molecular weight is 627 g/mol. The van der Waals surface area contributed by atoms with Gasteiger partial charge in [-0.2, -0.15) is 0 Å². The zero-order chi connectivity index (χ0) is 32.9. The second-order valence-electron chi connectivity index (χ2n) is 12.4. The Bertz CT molecular complexity index is 1780. The normalized spacial score (nSPS) is 25.3. The summed E-state index contributed by atoms with van der Waals surface area (Å²) in [7, 11) is 0. The van der Waals surface area contributed by atoms with E-state index in [-0.39, 0.29) is 52.0 Å². The first-order chi connectivity index (χ1) is 21.9. The third-order valence-corrected chi connectivity index (χ3v) is 8.87. The molecule has 3 aromatic rings. The van der Waals surface area contributed by atoms with Crippen molar-refractivity contribution in [3.05, 3.63) is 99.1 Å². The van der Waals surface area contributed by atoms with E-state index in [0.29, 0.717) is 18.6 Å². The Morgan fingerprint density at radius 3 is 2.22 bits per heavy atom. The Balaban J connectivity index is 1.31. The fraction of sp³-hybridized carbons (Fsp3) is 0.361. The van der Waals surface area contributed by atoms with E-state index in [1.807, 2.05) is 37.3 Å². The molecular formula is C36H34O10. The summed E-state index contributed by atoms with van der Waals surface area (Å²) >= 11 is 0. The van der Waals surface area contributed by atoms with Gasteiger partial charge in [0.1, 0.15) is 11.9 Å². The van der Waals surface area contributed by atoms with Gasteiger partial charge in [0.25, 0.3) is 0 Å². The molecule has 46 heavy (non-hydrogen) atoms. The molecule has 0 aromatic heterocycles. The first-order valence-electron chi connectivity index (χ1n) is 15.2. The van der Waals surface area contributed by atoms with Gasteiger partial charge in [0.15, 0.2) is 23.5 Å². The lowest BCUT2D eigenvalue weighted by atomic mass is 9.73. The maximum absolute atomic E-state index is 14.0. The molecule has 0 bridgehead atoms. The number of ether oxygens (including phenoxy) is 4. The number of benzene rings is 3. The molecule has 3 aliphatic rings. The number of hydrogen-bond donors (Lipinski definition) is 1. The molecule has 0 amide bonds. The second-order valence-corrected chi connectivity index (χ2v) is 12.4. The Labute approximate surface area is 265 Å². The van der Waals surface area contributed by atoms with E-state index in [9.17, 15) is 29.1 Å². The van der Waals surface area contributed by atoms with Crippen LogP contribution >= 0.6 is 0 Å². The number of aromatic hydroxyl groups is 1. The van der Waals surface area contributed by atoms with Gasteiger partial charge in [-0.25, -0.2) is 0 Å². The van der Waals surface area contributed by atoms with E-state index in [1.54, 1.807) is 13.0 Å². The van der Waals surface area contributed by atoms with Crippen molar-refractivity contribution < 1.29 is 48.0 Å². The summed E-state index contributed by atoms with van der Waals surface area (Å²) in [6.45, 7) is 6.32. The molecule has 238 valence electrons. The molecule has 1 saturated heterocycles. The highest BCUT2D eigenvalue weighted by Crippen LogP contribution is 2.44. The third-order valence-electron chi connectivity index (χ3n) is 8.87. The Kier molecular flexibility index (Phi) is 8.12. The van der Waals surface area contributed by atoms with Gasteiger partial charge >= 0.3 is 11.9 Å². The molecule has 10 heteroatoms. The molecule has 3 aromatic carbocycles. The molecule has 0 unspecified atom stereocenters. The molecular weight excluding hydrogens is 592 g/mol. The van der Waals surface area contributed by atoms with Crippen molar-refractivity contribution in [2.45, 2.75) is 83.6 Å². The summed E-state index contributed by atoms with van der Waals surface area (Å²) in [5.41, 5.74) is 1.11. The van der Waals surface area contributed by atoms with Crippen molar-refractivity contribution in [1.29, 1.82) is 0 Å². The Hall–Kier alpha value is -4.67. The number of carbonyl (C=O) groups is 5. The molecule has 0 spiro atoms. The van der Waals surface area contributed by atoms with E-state index in [0.717, 1.165) is 5.56 Å². The van der Waals surface area contributed by atoms with Crippen LogP contribution in [0.4, 0.5) is 0 Å². The fourth-order valence-electron chi connectivity index (χ4n) is 6.85. The number of phenolic OH excluding ortho intramolecular Hbond substituents is 1. The highest BCUT2D eigenvalue weighted by Gasteiger charge is 2.45. The predicted molar refractivity (Wildman–Crippen MR) is 163 cm³/mol. The van der Waals surface area contributed by atoms with E-state index in [1.165, 1.54) is 32.0 Å². The van der Waals surface area contributed by atoms with Gasteiger partial charge in [-0.1, -0.05) is 42.5 Å². The monoisotopic (exact) mass is 626 g/mol. The number of rotatable bonds is 6. The minimum atomic E-state index is -0.873. The molecule has 0 radical (unpaired) electrons. The first-order valence-corrected chi connectivity index (χ1v) is 15.2. The summed E-state index contributed by atoms with van der Waals surface area (Å²) in [6, 6.07) is 15.8. The second kappa shape index (κ2) is 11.9. The van der Waals surface area contributed by atoms with Crippen molar-refractivity contribution in [2.75, 3.05) is 0 Å². The minimum absolute atomic E-state index is 0.0215. The van der Waals surface area contributed by atoms with E-state index in [4.69, 9.17) is 18.9 Å². The number of carbonyl (C=O) groups excluding carboxylic acids is 5. The molecule has 5 atom stereocenters. The van der Waals surface area contributed by atoms with Gasteiger partial charge in [-0.15, -0.1) is 0 Å². The maximum atomic E-state index is 14.0. The SMILES string of the molecule is CC(=O)O[C@@H]1[C@@H](C)O[C@@H](c2ccc3c(c2O)C(=O)c2ccc4c(c2C3=O)C(=O)C[C@](C)(OCc2ccccc2)C4)C[C@H]1OC(C)=O. The lowest BCUT2D eigenvalue weighted by Crippen LogP contribution is -2.48. The standard InChI is InChI=1S/C36H34O10/c1-18-35(46-20(3)38)28(45-19(2)37)14-27(44-18)23-12-13-25-31(32(23)40)34(42)24-11-10-22-15-36(4,43-17-21-8-6-5-7-9-21)16-26(39)29(22)30(24)33(25)41/h5-13,18,27-28,35,40H,14-17H2,1-4H3/t18-,27-,28-,35-,36-/m1/s1. The van der Waals surface area contributed by atoms with Gasteiger partial charge < -0.3 is 24.1 Å². The number of phenols is 1. The largest absolute Gasteiger partial charge is 0.507 e. The van der Waals surface area contributed by atoms with E-state index in [2.05, 4.69) is 0 Å². The predicted octanol–water partition coefficient (Wildman–Crippen LogP) is 4.99. The smallest absolute Gasteiger partial charge is 0.303 e. The van der Waals surface area contributed by atoms with Crippen LogP contribution in [-0.2, 0) is 41.6 Å². The zero-order valence-corrected chi connectivity index (χ0v) is 26.0. The fourth-order valence-corrected chi connectivity index (χ4v) is 6.85. The van der Waals surface area contributed by atoms with Crippen LogP contribution in [0.2, 0.25) is 0 Å². The molecule has 1 fully saturated rings. The quantitative estimate of drug-likeness (QED) is 0.291. The van der Waals surface area contributed by atoms with Crippen LogP contribution in [0.5, 0.6) is 5.75 Å². The lowest BCUT2D eigenvalue weighted by molar-refractivity contribution is -0.204. The molecule has 1 aliphatic heterocycles. The Morgan fingerprint density at radius 2 is 1.52 bits per heavy atom. The highest BCUT2D eigenvalue weighted by molar-refractivity contribution is 6.32. The van der Waals surface area contributed by atoms with Gasteiger partial charge in [-0.3, -0.25) is 24.0 Å². The van der Waals surface area contributed by atoms with E-state index < -0.39 is 59.3 Å². The van der Waals surface area contributed by atoms with Crippen molar-refractivity contribution in [3.8, 4) is 5.75 Å². The maximum Gasteiger partial charge on any atom is 0.303 e. The summed E-state index contributed by atoms with van der Waals surface area (Å²) in [6.07, 6.45) is -2.87. The van der Waals surface area contributed by atoms with Gasteiger partial charge in [0, 0.05) is 60.9 Å². The summed E-state index contributed by atoms with van der Waals surface area (Å²) in [5, 5.41) is 11.4. The number of fused-ring (bicyclic) bond motifs is 4. The number of hydrogen-bond acceptors (Lipinski definition) is 10. The van der Waals surface area contributed by atoms with Gasteiger partial charge in [0.2, 0.25) is 0 Å². The van der Waals surface area contributed by atoms with E-state index >= 15 is 0 Å². The van der Waals surface area contributed by atoms with Crippen molar-refractivity contribution >= 4 is 29.3 Å². The summed E-state index contributed by atoms with van der Waals surface area (Å²) < 4.78 is 23.1. The number of esters is 2. The molecule has 2 aliphatic carbocycles. The molecule has 10 nitrogen and oxygen atoms in total. The molecule has 6 rings (SSSR count). The van der Waals surface area contributed by atoms with Crippen LogP contribution in [0.15, 0.2) is 54.6 Å². The Morgan fingerprint density at radius 1 is 0.870 bits per heavy atom. The molecule has 0 saturated carbocycles. The van der Waals surface area contributed by atoms with Crippen LogP contribution in [0, 0.1) is 0 Å².